The number of para-hydroxylation sites is 2. The van der Waals surface area contributed by atoms with E-state index < -0.39 is 0 Å². The molecule has 0 aliphatic rings. The largest absolute Gasteiger partial charge is 0.379 e. The van der Waals surface area contributed by atoms with Gasteiger partial charge in [0.15, 0.2) is 0 Å². The second-order valence-corrected chi connectivity index (χ2v) is 4.70. The Kier molecular flexibility index (Phi) is 4.34. The molecule has 106 valence electrons. The number of hydrogen-bond donors (Lipinski definition) is 1. The zero-order chi connectivity index (χ0) is 14.5. The summed E-state index contributed by atoms with van der Waals surface area (Å²) in [5.41, 5.74) is 2.81. The van der Waals surface area contributed by atoms with Crippen LogP contribution in [-0.4, -0.2) is 21.2 Å². The third kappa shape index (κ3) is 3.34. The number of anilines is 1. The molecule has 0 aliphatic carbocycles. The van der Waals surface area contributed by atoms with Gasteiger partial charge in [-0.05, 0) is 32.4 Å². The van der Waals surface area contributed by atoms with Crippen molar-refractivity contribution in [1.82, 2.24) is 9.78 Å². The third-order valence-electron chi connectivity index (χ3n) is 3.07. The number of nitrogens with one attached hydrogen (secondary N) is 1. The molecule has 0 saturated heterocycles. The van der Waals surface area contributed by atoms with Crippen LogP contribution in [0.3, 0.4) is 0 Å². The van der Waals surface area contributed by atoms with Gasteiger partial charge in [-0.1, -0.05) is 12.1 Å². The smallest absolute Gasteiger partial charge is 0.292 e. The molecule has 0 spiro atoms. The van der Waals surface area contributed by atoms with E-state index in [1.807, 2.05) is 24.6 Å². The van der Waals surface area contributed by atoms with E-state index in [4.69, 9.17) is 0 Å². The highest BCUT2D eigenvalue weighted by molar-refractivity contribution is 5.60. The second-order valence-electron chi connectivity index (χ2n) is 4.70. The normalized spacial score (nSPS) is 10.5. The van der Waals surface area contributed by atoms with Crippen LogP contribution in [0.2, 0.25) is 0 Å². The van der Waals surface area contributed by atoms with Gasteiger partial charge >= 0.3 is 0 Å². The Labute approximate surface area is 117 Å². The van der Waals surface area contributed by atoms with Crippen LogP contribution >= 0.6 is 0 Å². The van der Waals surface area contributed by atoms with Gasteiger partial charge in [0.05, 0.1) is 10.6 Å². The van der Waals surface area contributed by atoms with Crippen molar-refractivity contribution >= 4 is 11.4 Å². The highest BCUT2D eigenvalue weighted by Gasteiger charge is 2.11. The van der Waals surface area contributed by atoms with Crippen LogP contribution < -0.4 is 5.32 Å². The molecular weight excluding hydrogens is 256 g/mol. The Bertz CT molecular complexity index is 607. The lowest BCUT2D eigenvalue weighted by Gasteiger charge is -2.08. The fourth-order valence-corrected chi connectivity index (χ4v) is 2.14. The van der Waals surface area contributed by atoms with Crippen LogP contribution in [0, 0.1) is 24.0 Å². The molecule has 1 heterocycles. The molecule has 0 bridgehead atoms. The lowest BCUT2D eigenvalue weighted by Crippen LogP contribution is -2.09. The van der Waals surface area contributed by atoms with Crippen molar-refractivity contribution in [2.24, 2.45) is 0 Å². The van der Waals surface area contributed by atoms with Gasteiger partial charge in [-0.3, -0.25) is 14.8 Å². The molecular formula is C14H18N4O2. The first-order chi connectivity index (χ1) is 9.58. The molecule has 20 heavy (non-hydrogen) atoms. The predicted molar refractivity (Wildman–Crippen MR) is 77.9 cm³/mol. The monoisotopic (exact) mass is 274 g/mol. The summed E-state index contributed by atoms with van der Waals surface area (Å²) in [7, 11) is 0. The molecule has 0 atom stereocenters. The Morgan fingerprint density at radius 1 is 1.35 bits per heavy atom. The molecule has 6 nitrogen and oxygen atoms in total. The maximum Gasteiger partial charge on any atom is 0.292 e. The number of nitro groups is 1. The summed E-state index contributed by atoms with van der Waals surface area (Å²) in [4.78, 5) is 10.5. The van der Waals surface area contributed by atoms with Crippen LogP contribution in [-0.2, 0) is 6.54 Å². The Balaban J connectivity index is 1.88. The van der Waals surface area contributed by atoms with Crippen LogP contribution in [0.5, 0.6) is 0 Å². The molecule has 0 unspecified atom stereocenters. The summed E-state index contributed by atoms with van der Waals surface area (Å²) in [6, 6.07) is 8.72. The van der Waals surface area contributed by atoms with E-state index in [0.29, 0.717) is 12.2 Å². The van der Waals surface area contributed by atoms with E-state index in [-0.39, 0.29) is 10.6 Å². The average Bonchev–Trinajstić information content (AvgIpc) is 2.73. The van der Waals surface area contributed by atoms with Crippen LogP contribution in [0.4, 0.5) is 11.4 Å². The summed E-state index contributed by atoms with van der Waals surface area (Å²) in [6.45, 7) is 5.46. The van der Waals surface area contributed by atoms with E-state index in [1.54, 1.807) is 18.2 Å². The van der Waals surface area contributed by atoms with Crippen molar-refractivity contribution in [1.29, 1.82) is 0 Å². The van der Waals surface area contributed by atoms with Gasteiger partial charge in [-0.2, -0.15) is 5.10 Å². The molecule has 1 N–H and O–H groups in total. The van der Waals surface area contributed by atoms with Crippen molar-refractivity contribution in [2.75, 3.05) is 11.9 Å². The van der Waals surface area contributed by atoms with Crippen molar-refractivity contribution in [2.45, 2.75) is 26.8 Å². The first-order valence-corrected chi connectivity index (χ1v) is 6.56. The van der Waals surface area contributed by atoms with E-state index in [9.17, 15) is 10.1 Å². The summed E-state index contributed by atoms with van der Waals surface area (Å²) in [5.74, 6) is 0. The van der Waals surface area contributed by atoms with E-state index in [1.165, 1.54) is 6.07 Å². The summed E-state index contributed by atoms with van der Waals surface area (Å²) >= 11 is 0. The molecule has 6 heteroatoms. The fraction of sp³-hybridized carbons (Fsp3) is 0.357. The Morgan fingerprint density at radius 3 is 2.75 bits per heavy atom. The fourth-order valence-electron chi connectivity index (χ4n) is 2.14. The highest BCUT2D eigenvalue weighted by Crippen LogP contribution is 2.22. The van der Waals surface area contributed by atoms with Crippen molar-refractivity contribution < 1.29 is 4.92 Å². The summed E-state index contributed by atoms with van der Waals surface area (Å²) < 4.78 is 1.95. The van der Waals surface area contributed by atoms with E-state index in [0.717, 1.165) is 24.4 Å². The maximum absolute atomic E-state index is 10.9. The number of nitrogens with zero attached hydrogens (tertiary/aromatic N) is 3. The first kappa shape index (κ1) is 14.0. The second kappa shape index (κ2) is 6.18. The van der Waals surface area contributed by atoms with Crippen molar-refractivity contribution in [3.63, 3.8) is 0 Å². The molecule has 2 rings (SSSR count). The zero-order valence-corrected chi connectivity index (χ0v) is 11.7. The first-order valence-electron chi connectivity index (χ1n) is 6.56. The number of aryl methyl sites for hydroxylation is 3. The number of rotatable bonds is 6. The SMILES string of the molecule is Cc1cc(C)n(CCCNc2ccccc2[N+](=O)[O-])n1. The summed E-state index contributed by atoms with van der Waals surface area (Å²) in [6.07, 6.45) is 0.855. The number of benzene rings is 1. The van der Waals surface area contributed by atoms with Crippen molar-refractivity contribution in [3.05, 3.63) is 51.8 Å². The van der Waals surface area contributed by atoms with Gasteiger partial charge in [-0.15, -0.1) is 0 Å². The van der Waals surface area contributed by atoms with E-state index >= 15 is 0 Å². The predicted octanol–water partition coefficient (Wildman–Crippen LogP) is 2.91. The highest BCUT2D eigenvalue weighted by atomic mass is 16.6. The van der Waals surface area contributed by atoms with Crippen LogP contribution in [0.25, 0.3) is 0 Å². The lowest BCUT2D eigenvalue weighted by atomic mass is 10.2. The zero-order valence-electron chi connectivity index (χ0n) is 11.7. The number of aromatic nitrogens is 2. The molecule has 0 fully saturated rings. The molecule has 1 aromatic heterocycles. The third-order valence-corrected chi connectivity index (χ3v) is 3.07. The van der Waals surface area contributed by atoms with Gasteiger partial charge in [0.2, 0.25) is 0 Å². The topological polar surface area (TPSA) is 73.0 Å². The minimum absolute atomic E-state index is 0.110. The number of hydrogen-bond acceptors (Lipinski definition) is 4. The molecule has 0 radical (unpaired) electrons. The molecule has 1 aromatic carbocycles. The van der Waals surface area contributed by atoms with E-state index in [2.05, 4.69) is 10.4 Å². The molecule has 0 aliphatic heterocycles. The van der Waals surface area contributed by atoms with Crippen LogP contribution in [0.1, 0.15) is 17.8 Å². The van der Waals surface area contributed by atoms with Gasteiger partial charge in [0.25, 0.3) is 5.69 Å². The molecule has 0 saturated carbocycles. The average molecular weight is 274 g/mol. The van der Waals surface area contributed by atoms with Gasteiger partial charge in [0.1, 0.15) is 5.69 Å². The molecule has 2 aromatic rings. The van der Waals surface area contributed by atoms with Gasteiger partial charge in [-0.25, -0.2) is 0 Å². The van der Waals surface area contributed by atoms with Crippen molar-refractivity contribution in [3.8, 4) is 0 Å². The van der Waals surface area contributed by atoms with Gasteiger partial charge in [0, 0.05) is 24.8 Å². The van der Waals surface area contributed by atoms with Crippen LogP contribution in [0.15, 0.2) is 30.3 Å². The standard InChI is InChI=1S/C14H18N4O2/c1-11-10-12(2)17(16-11)9-5-8-15-13-6-3-4-7-14(13)18(19)20/h3-4,6-7,10,15H,5,8-9H2,1-2H3. The number of nitro benzene ring substituents is 1. The Morgan fingerprint density at radius 2 is 2.10 bits per heavy atom. The summed E-state index contributed by atoms with van der Waals surface area (Å²) in [5, 5.41) is 18.4. The Hall–Kier alpha value is -2.37. The lowest BCUT2D eigenvalue weighted by molar-refractivity contribution is -0.384. The van der Waals surface area contributed by atoms with Gasteiger partial charge < -0.3 is 5.32 Å². The minimum Gasteiger partial charge on any atom is -0.379 e. The molecule has 0 amide bonds. The maximum atomic E-state index is 10.9. The minimum atomic E-state index is -0.372. The quantitative estimate of drug-likeness (QED) is 0.499.